The normalized spacial score (nSPS) is 23.6. The first-order valence-electron chi connectivity index (χ1n) is 6.51. The molecule has 2 saturated carbocycles. The summed E-state index contributed by atoms with van der Waals surface area (Å²) in [6.07, 6.45) is 8.61. The van der Waals surface area contributed by atoms with Crippen LogP contribution in [-0.2, 0) is 4.74 Å². The summed E-state index contributed by atoms with van der Waals surface area (Å²) in [6.45, 7) is 6.62. The lowest BCUT2D eigenvalue weighted by Gasteiger charge is -2.26. The molecule has 0 saturated heterocycles. The lowest BCUT2D eigenvalue weighted by atomic mass is 9.94. The van der Waals surface area contributed by atoms with E-state index in [1.165, 1.54) is 38.5 Å². The van der Waals surface area contributed by atoms with Crippen LogP contribution in [0, 0.1) is 5.41 Å². The van der Waals surface area contributed by atoms with Crippen molar-refractivity contribution in [3.05, 3.63) is 0 Å². The summed E-state index contributed by atoms with van der Waals surface area (Å²) in [5.41, 5.74) is 0.297. The lowest BCUT2D eigenvalue weighted by Crippen LogP contribution is -2.35. The fourth-order valence-corrected chi connectivity index (χ4v) is 2.16. The Morgan fingerprint density at radius 1 is 1.13 bits per heavy atom. The topological polar surface area (TPSA) is 21.3 Å². The smallest absolute Gasteiger partial charge is 0.0575 e. The average molecular weight is 211 g/mol. The highest BCUT2D eigenvalue weighted by Crippen LogP contribution is 2.25. The maximum atomic E-state index is 5.98. The van der Waals surface area contributed by atoms with Gasteiger partial charge in [0.2, 0.25) is 0 Å². The van der Waals surface area contributed by atoms with Crippen molar-refractivity contribution in [2.45, 2.75) is 64.5 Å². The number of nitrogens with one attached hydrogen (secondary N) is 1. The van der Waals surface area contributed by atoms with Crippen LogP contribution < -0.4 is 5.32 Å². The zero-order valence-electron chi connectivity index (χ0n) is 10.2. The molecule has 2 aliphatic carbocycles. The van der Waals surface area contributed by atoms with E-state index in [9.17, 15) is 0 Å². The summed E-state index contributed by atoms with van der Waals surface area (Å²) in [7, 11) is 0. The molecule has 2 nitrogen and oxygen atoms in total. The highest BCUT2D eigenvalue weighted by atomic mass is 16.5. The van der Waals surface area contributed by atoms with Crippen molar-refractivity contribution in [2.24, 2.45) is 5.41 Å². The number of ether oxygens (including phenoxy) is 1. The molecular formula is C13H25NO. The first-order valence-corrected chi connectivity index (χ1v) is 6.51. The minimum absolute atomic E-state index is 0.297. The second-order valence-electron chi connectivity index (χ2n) is 6.04. The van der Waals surface area contributed by atoms with Crippen molar-refractivity contribution < 1.29 is 4.74 Å². The van der Waals surface area contributed by atoms with Crippen molar-refractivity contribution in [3.63, 3.8) is 0 Å². The molecule has 2 fully saturated rings. The van der Waals surface area contributed by atoms with Gasteiger partial charge in [-0.25, -0.2) is 0 Å². The summed E-state index contributed by atoms with van der Waals surface area (Å²) in [6, 6.07) is 0.816. The van der Waals surface area contributed by atoms with Gasteiger partial charge in [-0.15, -0.1) is 0 Å². The third-order valence-corrected chi connectivity index (χ3v) is 3.46. The van der Waals surface area contributed by atoms with E-state index in [1.807, 2.05) is 0 Å². The summed E-state index contributed by atoms with van der Waals surface area (Å²) < 4.78 is 5.98. The van der Waals surface area contributed by atoms with Crippen LogP contribution >= 0.6 is 0 Å². The summed E-state index contributed by atoms with van der Waals surface area (Å²) >= 11 is 0. The highest BCUT2D eigenvalue weighted by Gasteiger charge is 2.26. The van der Waals surface area contributed by atoms with E-state index in [4.69, 9.17) is 4.74 Å². The minimum Gasteiger partial charge on any atom is -0.378 e. The second-order valence-corrected chi connectivity index (χ2v) is 6.04. The fraction of sp³-hybridized carbons (Fsp3) is 1.00. The lowest BCUT2D eigenvalue weighted by molar-refractivity contribution is 0.00680. The molecular weight excluding hydrogens is 186 g/mol. The molecule has 0 aliphatic heterocycles. The first kappa shape index (κ1) is 11.4. The molecule has 15 heavy (non-hydrogen) atoms. The molecule has 0 heterocycles. The molecule has 0 radical (unpaired) electrons. The SMILES string of the molecule is CC(C)(CNC1CC1)COC1CCCC1. The summed E-state index contributed by atoms with van der Waals surface area (Å²) in [4.78, 5) is 0. The molecule has 0 bridgehead atoms. The molecule has 0 atom stereocenters. The maximum absolute atomic E-state index is 5.98. The Balaban J connectivity index is 1.61. The van der Waals surface area contributed by atoms with Gasteiger partial charge in [-0.3, -0.25) is 0 Å². The fourth-order valence-electron chi connectivity index (χ4n) is 2.16. The second kappa shape index (κ2) is 4.84. The van der Waals surface area contributed by atoms with Gasteiger partial charge in [0, 0.05) is 18.0 Å². The van der Waals surface area contributed by atoms with Crippen molar-refractivity contribution >= 4 is 0 Å². The Morgan fingerprint density at radius 3 is 2.40 bits per heavy atom. The van der Waals surface area contributed by atoms with Crippen LogP contribution in [0.5, 0.6) is 0 Å². The van der Waals surface area contributed by atoms with Crippen LogP contribution in [0.25, 0.3) is 0 Å². The molecule has 0 unspecified atom stereocenters. The Hall–Kier alpha value is -0.0800. The van der Waals surface area contributed by atoms with Crippen molar-refractivity contribution in [1.82, 2.24) is 5.32 Å². The largest absolute Gasteiger partial charge is 0.378 e. The van der Waals surface area contributed by atoms with Crippen LogP contribution in [0.1, 0.15) is 52.4 Å². The van der Waals surface area contributed by atoms with Gasteiger partial charge in [0.1, 0.15) is 0 Å². The third-order valence-electron chi connectivity index (χ3n) is 3.46. The van der Waals surface area contributed by atoms with Crippen LogP contribution in [-0.4, -0.2) is 25.3 Å². The zero-order chi connectivity index (χ0) is 10.7. The predicted molar refractivity (Wildman–Crippen MR) is 63.0 cm³/mol. The van der Waals surface area contributed by atoms with Crippen LogP contribution in [0.3, 0.4) is 0 Å². The Labute approximate surface area is 93.8 Å². The van der Waals surface area contributed by atoms with Gasteiger partial charge in [0.05, 0.1) is 12.7 Å². The summed E-state index contributed by atoms with van der Waals surface area (Å²) in [5, 5.41) is 3.59. The van der Waals surface area contributed by atoms with Crippen LogP contribution in [0.15, 0.2) is 0 Å². The van der Waals surface area contributed by atoms with E-state index in [1.54, 1.807) is 0 Å². The van der Waals surface area contributed by atoms with Crippen molar-refractivity contribution in [1.29, 1.82) is 0 Å². The molecule has 0 spiro atoms. The van der Waals surface area contributed by atoms with Gasteiger partial charge in [-0.05, 0) is 25.7 Å². The van der Waals surface area contributed by atoms with Crippen molar-refractivity contribution in [3.8, 4) is 0 Å². The van der Waals surface area contributed by atoms with E-state index >= 15 is 0 Å². The molecule has 0 aromatic heterocycles. The van der Waals surface area contributed by atoms with E-state index in [-0.39, 0.29) is 0 Å². The average Bonchev–Trinajstić information content (AvgIpc) is 2.88. The Bertz CT molecular complexity index is 193. The number of hydrogen-bond donors (Lipinski definition) is 1. The maximum Gasteiger partial charge on any atom is 0.0575 e. The Kier molecular flexibility index (Phi) is 3.68. The van der Waals surface area contributed by atoms with E-state index in [0.717, 1.165) is 19.2 Å². The van der Waals surface area contributed by atoms with Crippen molar-refractivity contribution in [2.75, 3.05) is 13.2 Å². The molecule has 2 rings (SSSR count). The van der Waals surface area contributed by atoms with E-state index in [0.29, 0.717) is 11.5 Å². The Morgan fingerprint density at radius 2 is 1.80 bits per heavy atom. The van der Waals surface area contributed by atoms with Gasteiger partial charge >= 0.3 is 0 Å². The van der Waals surface area contributed by atoms with Crippen LogP contribution in [0.2, 0.25) is 0 Å². The predicted octanol–water partition coefficient (Wildman–Crippen LogP) is 2.72. The number of hydrogen-bond acceptors (Lipinski definition) is 2. The molecule has 1 N–H and O–H groups in total. The third kappa shape index (κ3) is 4.12. The molecule has 0 amide bonds. The zero-order valence-corrected chi connectivity index (χ0v) is 10.2. The van der Waals surface area contributed by atoms with E-state index < -0.39 is 0 Å². The monoisotopic (exact) mass is 211 g/mol. The molecule has 0 aromatic carbocycles. The quantitative estimate of drug-likeness (QED) is 0.729. The van der Waals surface area contributed by atoms with Gasteiger partial charge in [0.15, 0.2) is 0 Å². The van der Waals surface area contributed by atoms with Gasteiger partial charge in [0.25, 0.3) is 0 Å². The van der Waals surface area contributed by atoms with Gasteiger partial charge in [-0.1, -0.05) is 26.7 Å². The van der Waals surface area contributed by atoms with E-state index in [2.05, 4.69) is 19.2 Å². The molecule has 2 aliphatic rings. The van der Waals surface area contributed by atoms with Gasteiger partial charge < -0.3 is 10.1 Å². The number of rotatable bonds is 6. The molecule has 0 aromatic rings. The molecule has 2 heteroatoms. The summed E-state index contributed by atoms with van der Waals surface area (Å²) in [5.74, 6) is 0. The highest BCUT2D eigenvalue weighted by molar-refractivity contribution is 4.84. The van der Waals surface area contributed by atoms with Crippen LogP contribution in [0.4, 0.5) is 0 Å². The van der Waals surface area contributed by atoms with Gasteiger partial charge in [-0.2, -0.15) is 0 Å². The molecule has 88 valence electrons. The minimum atomic E-state index is 0.297. The first-order chi connectivity index (χ1) is 7.16. The standard InChI is InChI=1S/C13H25NO/c1-13(2,9-14-11-7-8-11)10-15-12-5-3-4-6-12/h11-12,14H,3-10H2,1-2H3.